The number of benzene rings is 2. The zero-order valence-corrected chi connectivity index (χ0v) is 15.7. The molecule has 9 heteroatoms. The molecule has 3 rings (SSSR count). The van der Waals surface area contributed by atoms with Crippen LogP contribution < -0.4 is 0 Å². The van der Waals surface area contributed by atoms with Crippen molar-refractivity contribution in [3.63, 3.8) is 0 Å². The fraction of sp³-hybridized carbons (Fsp3) is 0.0625. The SMILES string of the molecule is COC(=O)c1cc2cc(Cl)ccc2n1S(=O)(=O)c1ccc(Cl)c(Cl)c1. The van der Waals surface area contributed by atoms with E-state index < -0.39 is 16.0 Å². The van der Waals surface area contributed by atoms with Crippen molar-refractivity contribution < 1.29 is 17.9 Å². The summed E-state index contributed by atoms with van der Waals surface area (Å²) >= 11 is 17.7. The predicted molar refractivity (Wildman–Crippen MR) is 97.3 cm³/mol. The average molecular weight is 419 g/mol. The Morgan fingerprint density at radius 1 is 1.00 bits per heavy atom. The highest BCUT2D eigenvalue weighted by Gasteiger charge is 2.27. The summed E-state index contributed by atoms with van der Waals surface area (Å²) in [6.07, 6.45) is 0. The van der Waals surface area contributed by atoms with E-state index in [1.54, 1.807) is 6.07 Å². The van der Waals surface area contributed by atoms with Crippen molar-refractivity contribution >= 4 is 61.7 Å². The van der Waals surface area contributed by atoms with E-state index in [1.807, 2.05) is 0 Å². The molecular formula is C16H10Cl3NO4S. The monoisotopic (exact) mass is 417 g/mol. The van der Waals surface area contributed by atoms with Crippen LogP contribution in [0.25, 0.3) is 10.9 Å². The van der Waals surface area contributed by atoms with Gasteiger partial charge >= 0.3 is 5.97 Å². The van der Waals surface area contributed by atoms with Gasteiger partial charge in [-0.2, -0.15) is 0 Å². The van der Waals surface area contributed by atoms with E-state index >= 15 is 0 Å². The smallest absolute Gasteiger partial charge is 0.355 e. The summed E-state index contributed by atoms with van der Waals surface area (Å²) in [5, 5.41) is 1.20. The molecule has 0 atom stereocenters. The number of rotatable bonds is 3. The molecule has 0 aliphatic carbocycles. The Morgan fingerprint density at radius 3 is 2.36 bits per heavy atom. The second-order valence-electron chi connectivity index (χ2n) is 5.07. The molecule has 0 spiro atoms. The number of ether oxygens (including phenoxy) is 1. The van der Waals surface area contributed by atoms with Crippen molar-refractivity contribution in [2.75, 3.05) is 7.11 Å². The minimum absolute atomic E-state index is 0.0851. The molecule has 0 radical (unpaired) electrons. The Hall–Kier alpha value is -1.73. The number of carbonyl (C=O) groups excluding carboxylic acids is 1. The maximum Gasteiger partial charge on any atom is 0.355 e. The van der Waals surface area contributed by atoms with Gasteiger partial charge in [-0.25, -0.2) is 17.2 Å². The first-order chi connectivity index (χ1) is 11.8. The summed E-state index contributed by atoms with van der Waals surface area (Å²) in [6, 6.07) is 9.92. The molecular weight excluding hydrogens is 409 g/mol. The molecule has 1 aromatic heterocycles. The molecule has 1 heterocycles. The van der Waals surface area contributed by atoms with E-state index in [1.165, 1.54) is 43.5 Å². The molecule has 0 amide bonds. The number of esters is 1. The maximum atomic E-state index is 13.1. The number of methoxy groups -OCH3 is 1. The first-order valence-electron chi connectivity index (χ1n) is 6.85. The Bertz CT molecular complexity index is 1110. The van der Waals surface area contributed by atoms with Crippen molar-refractivity contribution in [3.8, 4) is 0 Å². The molecule has 0 saturated carbocycles. The molecule has 0 aliphatic rings. The van der Waals surface area contributed by atoms with Crippen LogP contribution in [0.5, 0.6) is 0 Å². The molecule has 5 nitrogen and oxygen atoms in total. The van der Waals surface area contributed by atoms with Gasteiger partial charge in [0.2, 0.25) is 0 Å². The van der Waals surface area contributed by atoms with E-state index in [9.17, 15) is 13.2 Å². The number of hydrogen-bond donors (Lipinski definition) is 0. The third-order valence-corrected chi connectivity index (χ3v) is 6.24. The van der Waals surface area contributed by atoms with E-state index in [2.05, 4.69) is 0 Å². The fourth-order valence-corrected chi connectivity index (χ4v) is 4.48. The normalized spacial score (nSPS) is 11.7. The zero-order chi connectivity index (χ0) is 18.4. The highest BCUT2D eigenvalue weighted by molar-refractivity contribution is 7.90. The summed E-state index contributed by atoms with van der Waals surface area (Å²) in [5.74, 6) is -0.795. The first-order valence-corrected chi connectivity index (χ1v) is 9.43. The Labute approximate surface area is 158 Å². The van der Waals surface area contributed by atoms with E-state index in [0.29, 0.717) is 10.4 Å². The molecule has 0 bridgehead atoms. The molecule has 25 heavy (non-hydrogen) atoms. The summed E-state index contributed by atoms with van der Waals surface area (Å²) in [5.41, 5.74) is 0.140. The number of carbonyl (C=O) groups is 1. The summed E-state index contributed by atoms with van der Waals surface area (Å²) in [6.45, 7) is 0. The molecule has 2 aromatic carbocycles. The number of aromatic nitrogens is 1. The van der Waals surface area contributed by atoms with Crippen LogP contribution in [0.15, 0.2) is 47.4 Å². The minimum Gasteiger partial charge on any atom is -0.464 e. The van der Waals surface area contributed by atoms with Gasteiger partial charge in [-0.05, 0) is 42.5 Å². The van der Waals surface area contributed by atoms with Crippen LogP contribution >= 0.6 is 34.8 Å². The van der Waals surface area contributed by atoms with Gasteiger partial charge in [0.1, 0.15) is 5.69 Å². The lowest BCUT2D eigenvalue weighted by Crippen LogP contribution is -2.19. The Morgan fingerprint density at radius 2 is 1.72 bits per heavy atom. The van der Waals surface area contributed by atoms with Crippen molar-refractivity contribution in [1.29, 1.82) is 0 Å². The number of halogens is 3. The molecule has 0 saturated heterocycles. The van der Waals surface area contributed by atoms with Crippen LogP contribution in [0.3, 0.4) is 0 Å². The average Bonchev–Trinajstić information content (AvgIpc) is 2.95. The third kappa shape index (κ3) is 3.11. The topological polar surface area (TPSA) is 65.4 Å². The van der Waals surface area contributed by atoms with E-state index in [0.717, 1.165) is 3.97 Å². The second-order valence-corrected chi connectivity index (χ2v) is 8.11. The number of fused-ring (bicyclic) bond motifs is 1. The molecule has 0 N–H and O–H groups in total. The van der Waals surface area contributed by atoms with Crippen LogP contribution in [0.2, 0.25) is 15.1 Å². The number of hydrogen-bond acceptors (Lipinski definition) is 4. The fourth-order valence-electron chi connectivity index (χ4n) is 2.41. The summed E-state index contributed by atoms with van der Waals surface area (Å²) in [4.78, 5) is 12.0. The van der Waals surface area contributed by atoms with Gasteiger partial charge in [-0.15, -0.1) is 0 Å². The third-order valence-electron chi connectivity index (χ3n) is 3.54. The lowest BCUT2D eigenvalue weighted by molar-refractivity contribution is 0.0593. The predicted octanol–water partition coefficient (Wildman–Crippen LogP) is 4.63. The lowest BCUT2D eigenvalue weighted by Gasteiger charge is -2.11. The van der Waals surface area contributed by atoms with Crippen molar-refractivity contribution in [2.24, 2.45) is 0 Å². The quantitative estimate of drug-likeness (QED) is 0.582. The molecule has 130 valence electrons. The van der Waals surface area contributed by atoms with Gasteiger partial charge in [-0.1, -0.05) is 34.8 Å². The molecule has 0 fully saturated rings. The lowest BCUT2D eigenvalue weighted by atomic mass is 10.2. The summed E-state index contributed by atoms with van der Waals surface area (Å²) < 4.78 is 31.9. The van der Waals surface area contributed by atoms with Crippen molar-refractivity contribution in [2.45, 2.75) is 4.90 Å². The van der Waals surface area contributed by atoms with Gasteiger partial charge < -0.3 is 4.74 Å². The highest BCUT2D eigenvalue weighted by Crippen LogP contribution is 2.31. The first kappa shape index (κ1) is 18.1. The van der Waals surface area contributed by atoms with Gasteiger partial charge in [0.15, 0.2) is 0 Å². The van der Waals surface area contributed by atoms with Gasteiger partial charge in [0, 0.05) is 10.4 Å². The van der Waals surface area contributed by atoms with Gasteiger partial charge in [-0.3, -0.25) is 0 Å². The van der Waals surface area contributed by atoms with Crippen LogP contribution in [-0.4, -0.2) is 25.5 Å². The van der Waals surface area contributed by atoms with Crippen LogP contribution in [0, 0.1) is 0 Å². The molecule has 3 aromatic rings. The van der Waals surface area contributed by atoms with Crippen LogP contribution in [-0.2, 0) is 14.8 Å². The molecule has 0 aliphatic heterocycles. The van der Waals surface area contributed by atoms with Crippen molar-refractivity contribution in [3.05, 3.63) is 63.2 Å². The Kier molecular flexibility index (Phi) is 4.72. The molecule has 0 unspecified atom stereocenters. The van der Waals surface area contributed by atoms with Crippen LogP contribution in [0.1, 0.15) is 10.5 Å². The Balaban J connectivity index is 2.35. The summed E-state index contributed by atoms with van der Waals surface area (Å²) in [7, 11) is -2.96. The standard InChI is InChI=1S/C16H10Cl3NO4S/c1-24-16(21)15-7-9-6-10(17)2-5-14(9)20(15)25(22,23)11-3-4-12(18)13(19)8-11/h2-8H,1H3. The number of nitrogens with zero attached hydrogens (tertiary/aromatic N) is 1. The largest absolute Gasteiger partial charge is 0.464 e. The highest BCUT2D eigenvalue weighted by atomic mass is 35.5. The van der Waals surface area contributed by atoms with E-state index in [-0.39, 0.29) is 26.2 Å². The van der Waals surface area contributed by atoms with Crippen LogP contribution in [0.4, 0.5) is 0 Å². The van der Waals surface area contributed by atoms with Gasteiger partial charge in [0.25, 0.3) is 10.0 Å². The minimum atomic E-state index is -4.13. The van der Waals surface area contributed by atoms with Gasteiger partial charge in [0.05, 0.1) is 27.6 Å². The second kappa shape index (κ2) is 6.53. The van der Waals surface area contributed by atoms with E-state index in [4.69, 9.17) is 39.5 Å². The van der Waals surface area contributed by atoms with Crippen molar-refractivity contribution in [1.82, 2.24) is 3.97 Å². The maximum absolute atomic E-state index is 13.1. The zero-order valence-electron chi connectivity index (χ0n) is 12.7.